The van der Waals surface area contributed by atoms with Crippen LogP contribution < -0.4 is 14.3 Å². The molecular weight excluding hydrogens is 534 g/mol. The van der Waals surface area contributed by atoms with Crippen LogP contribution in [0.3, 0.4) is 0 Å². The number of sulfonamides is 1. The quantitative estimate of drug-likeness (QED) is 0.276. The van der Waals surface area contributed by atoms with E-state index in [9.17, 15) is 13.2 Å². The summed E-state index contributed by atoms with van der Waals surface area (Å²) < 4.78 is 41.7. The Kier molecular flexibility index (Phi) is 8.55. The van der Waals surface area contributed by atoms with Gasteiger partial charge in [0.05, 0.1) is 35.9 Å². The molecule has 4 rings (SSSR count). The Hall–Kier alpha value is -3.91. The molecule has 0 spiro atoms. The molecule has 3 aromatic carbocycles. The molecule has 0 aliphatic heterocycles. The second kappa shape index (κ2) is 11.9. The summed E-state index contributed by atoms with van der Waals surface area (Å²) in [6, 6.07) is 18.6. The molecule has 0 fully saturated rings. The lowest BCUT2D eigenvalue weighted by molar-refractivity contribution is 0.0997. The first-order valence-electron chi connectivity index (χ1n) is 12.1. The van der Waals surface area contributed by atoms with Gasteiger partial charge in [0, 0.05) is 30.3 Å². The molecule has 0 aliphatic rings. The summed E-state index contributed by atoms with van der Waals surface area (Å²) >= 11 is 1.29. The van der Waals surface area contributed by atoms with Crippen LogP contribution in [0.1, 0.15) is 29.8 Å². The highest BCUT2D eigenvalue weighted by molar-refractivity contribution is 7.89. The molecule has 0 atom stereocenters. The molecule has 0 unspecified atom stereocenters. The van der Waals surface area contributed by atoms with Crippen molar-refractivity contribution in [2.24, 2.45) is 4.99 Å². The summed E-state index contributed by atoms with van der Waals surface area (Å²) in [7, 11) is -0.708. The number of nitrogens with zero attached hydrogens (tertiary/aromatic N) is 3. The number of terminal acetylenes is 1. The van der Waals surface area contributed by atoms with E-state index in [1.54, 1.807) is 24.9 Å². The van der Waals surface area contributed by atoms with E-state index in [1.165, 1.54) is 39.9 Å². The Bertz CT molecular complexity index is 1700. The van der Waals surface area contributed by atoms with Crippen LogP contribution in [0.25, 0.3) is 10.2 Å². The summed E-state index contributed by atoms with van der Waals surface area (Å²) in [5.41, 5.74) is 1.91. The molecule has 1 heterocycles. The Balaban J connectivity index is 1.67. The summed E-state index contributed by atoms with van der Waals surface area (Å²) in [6.45, 7) is 4.11. The van der Waals surface area contributed by atoms with Gasteiger partial charge in [-0.25, -0.2) is 8.42 Å². The fourth-order valence-electron chi connectivity index (χ4n) is 4.09. The second-order valence-corrected chi connectivity index (χ2v) is 11.8. The molecule has 0 bridgehead atoms. The van der Waals surface area contributed by atoms with Gasteiger partial charge < -0.3 is 14.0 Å². The van der Waals surface area contributed by atoms with Crippen LogP contribution in [0, 0.1) is 12.3 Å². The van der Waals surface area contributed by atoms with Crippen LogP contribution >= 0.6 is 11.3 Å². The topological polar surface area (TPSA) is 90.2 Å². The van der Waals surface area contributed by atoms with Crippen molar-refractivity contribution in [2.45, 2.75) is 37.9 Å². The predicted molar refractivity (Wildman–Crippen MR) is 152 cm³/mol. The Labute approximate surface area is 232 Å². The summed E-state index contributed by atoms with van der Waals surface area (Å²) in [5.74, 6) is 3.17. The maximum absolute atomic E-state index is 13.4. The number of carbonyl (C=O) groups is 1. The van der Waals surface area contributed by atoms with E-state index in [4.69, 9.17) is 15.9 Å². The van der Waals surface area contributed by atoms with Crippen molar-refractivity contribution in [1.29, 1.82) is 0 Å². The van der Waals surface area contributed by atoms with Gasteiger partial charge in [-0.1, -0.05) is 47.6 Å². The lowest BCUT2D eigenvalue weighted by atomic mass is 10.2. The van der Waals surface area contributed by atoms with E-state index >= 15 is 0 Å². The molecule has 1 aromatic heterocycles. The molecule has 1 amide bonds. The number of amides is 1. The van der Waals surface area contributed by atoms with Gasteiger partial charge in [0.1, 0.15) is 0 Å². The monoisotopic (exact) mass is 563 g/mol. The number of aromatic nitrogens is 1. The summed E-state index contributed by atoms with van der Waals surface area (Å²) in [4.78, 5) is 17.9. The maximum Gasteiger partial charge on any atom is 0.279 e. The largest absolute Gasteiger partial charge is 0.493 e. The normalized spacial score (nSPS) is 12.2. The number of hydrogen-bond acceptors (Lipinski definition) is 6. The smallest absolute Gasteiger partial charge is 0.279 e. The minimum atomic E-state index is -3.80. The van der Waals surface area contributed by atoms with Crippen molar-refractivity contribution in [3.63, 3.8) is 0 Å². The fourth-order valence-corrected chi connectivity index (χ4v) is 6.75. The third-order valence-corrected chi connectivity index (χ3v) is 9.18. The van der Waals surface area contributed by atoms with E-state index in [2.05, 4.69) is 10.9 Å². The second-order valence-electron chi connectivity index (χ2n) is 8.92. The van der Waals surface area contributed by atoms with Crippen LogP contribution in [0.2, 0.25) is 0 Å². The molecule has 202 valence electrons. The first-order valence-corrected chi connectivity index (χ1v) is 14.4. The standard InChI is InChI=1S/C29H29N3O5S2/c1-6-16-31-24-17-25(36-4)26(37-5)18-27(24)38-29(31)30-28(33)22-12-14-23(15-13-22)39(34,35)32(20(2)3)19-21-10-8-7-9-11-21/h1,7-15,17-18,20H,16,19H2,2-5H3. The average molecular weight is 564 g/mol. The van der Waals surface area contributed by atoms with E-state index < -0.39 is 15.9 Å². The van der Waals surface area contributed by atoms with E-state index in [0.717, 1.165) is 15.8 Å². The third-order valence-electron chi connectivity index (χ3n) is 6.10. The number of thiazole rings is 1. The molecule has 0 radical (unpaired) electrons. The van der Waals surface area contributed by atoms with Gasteiger partial charge in [-0.2, -0.15) is 9.30 Å². The minimum absolute atomic E-state index is 0.104. The van der Waals surface area contributed by atoms with Crippen molar-refractivity contribution in [3.8, 4) is 23.8 Å². The van der Waals surface area contributed by atoms with Crippen molar-refractivity contribution < 1.29 is 22.7 Å². The molecule has 0 saturated heterocycles. The van der Waals surface area contributed by atoms with Gasteiger partial charge in [0.2, 0.25) is 10.0 Å². The number of ether oxygens (including phenoxy) is 2. The van der Waals surface area contributed by atoms with Gasteiger partial charge in [0.25, 0.3) is 5.91 Å². The number of methoxy groups -OCH3 is 2. The minimum Gasteiger partial charge on any atom is -0.493 e. The van der Waals surface area contributed by atoms with Crippen molar-refractivity contribution >= 4 is 37.5 Å². The Morgan fingerprint density at radius 3 is 2.28 bits per heavy atom. The molecular formula is C29H29N3O5S2. The van der Waals surface area contributed by atoms with Crippen LogP contribution in [-0.2, 0) is 23.1 Å². The predicted octanol–water partition coefficient (Wildman–Crippen LogP) is 4.69. The van der Waals surface area contributed by atoms with E-state index in [-0.39, 0.29) is 29.6 Å². The van der Waals surface area contributed by atoms with Gasteiger partial charge in [-0.3, -0.25) is 4.79 Å². The third kappa shape index (κ3) is 5.91. The highest BCUT2D eigenvalue weighted by atomic mass is 32.2. The molecule has 0 saturated carbocycles. The Morgan fingerprint density at radius 1 is 1.05 bits per heavy atom. The first-order chi connectivity index (χ1) is 18.7. The van der Waals surface area contributed by atoms with Crippen LogP contribution in [-0.4, -0.2) is 43.5 Å². The lowest BCUT2D eigenvalue weighted by Gasteiger charge is -2.26. The summed E-state index contributed by atoms with van der Waals surface area (Å²) in [6.07, 6.45) is 5.59. The molecule has 4 aromatic rings. The van der Waals surface area contributed by atoms with Crippen LogP contribution in [0.15, 0.2) is 76.6 Å². The van der Waals surface area contributed by atoms with E-state index in [1.807, 2.05) is 50.2 Å². The number of hydrogen-bond donors (Lipinski definition) is 0. The van der Waals surface area contributed by atoms with Crippen molar-refractivity contribution in [2.75, 3.05) is 14.2 Å². The first kappa shape index (κ1) is 28.1. The molecule has 39 heavy (non-hydrogen) atoms. The molecule has 0 N–H and O–H groups in total. The lowest BCUT2D eigenvalue weighted by Crippen LogP contribution is -2.36. The van der Waals surface area contributed by atoms with Crippen LogP contribution in [0.4, 0.5) is 0 Å². The molecule has 0 aliphatic carbocycles. The van der Waals surface area contributed by atoms with Gasteiger partial charge in [-0.05, 0) is 43.7 Å². The summed E-state index contributed by atoms with van der Waals surface area (Å²) in [5, 5.41) is 0. The zero-order chi connectivity index (χ0) is 28.2. The van der Waals surface area contributed by atoms with Gasteiger partial charge >= 0.3 is 0 Å². The highest BCUT2D eigenvalue weighted by Crippen LogP contribution is 2.33. The van der Waals surface area contributed by atoms with Crippen LogP contribution in [0.5, 0.6) is 11.5 Å². The fraction of sp³-hybridized carbons (Fsp3) is 0.241. The number of carbonyl (C=O) groups excluding carboxylic acids is 1. The van der Waals surface area contributed by atoms with Crippen molar-refractivity contribution in [1.82, 2.24) is 8.87 Å². The van der Waals surface area contributed by atoms with Gasteiger partial charge in [-0.15, -0.1) is 6.42 Å². The highest BCUT2D eigenvalue weighted by Gasteiger charge is 2.27. The SMILES string of the molecule is C#CCn1c(=NC(=O)c2ccc(S(=O)(=O)N(Cc3ccccc3)C(C)C)cc2)sc2cc(OC)c(OC)cc21. The number of fused-ring (bicyclic) bond motifs is 1. The van der Waals surface area contributed by atoms with E-state index in [0.29, 0.717) is 16.3 Å². The number of benzene rings is 3. The van der Waals surface area contributed by atoms with Crippen molar-refractivity contribution in [3.05, 3.63) is 82.7 Å². The zero-order valence-corrected chi connectivity index (χ0v) is 23.8. The Morgan fingerprint density at radius 2 is 1.69 bits per heavy atom. The number of rotatable bonds is 9. The maximum atomic E-state index is 13.4. The molecule has 8 nitrogen and oxygen atoms in total. The molecule has 10 heteroatoms. The zero-order valence-electron chi connectivity index (χ0n) is 22.1. The average Bonchev–Trinajstić information content (AvgIpc) is 3.26. The van der Waals surface area contributed by atoms with Gasteiger partial charge in [0.15, 0.2) is 16.3 Å².